The molecule has 0 spiro atoms. The van der Waals surface area contributed by atoms with Gasteiger partial charge in [0, 0.05) is 4.88 Å². The third-order valence-corrected chi connectivity index (χ3v) is 5.08. The van der Waals surface area contributed by atoms with E-state index in [0.717, 1.165) is 29.0 Å². The fourth-order valence-corrected chi connectivity index (χ4v) is 3.89. The predicted octanol–water partition coefficient (Wildman–Crippen LogP) is 3.33. The molecule has 1 fully saturated rings. The first-order valence-corrected chi connectivity index (χ1v) is 8.62. The van der Waals surface area contributed by atoms with E-state index in [0.29, 0.717) is 11.1 Å². The fraction of sp³-hybridized carbons (Fsp3) is 0.294. The summed E-state index contributed by atoms with van der Waals surface area (Å²) in [5.74, 6) is 0.232. The van der Waals surface area contributed by atoms with Gasteiger partial charge >= 0.3 is 6.03 Å². The molecule has 0 bridgehead atoms. The molecule has 5 N–H and O–H groups in total. The van der Waals surface area contributed by atoms with Crippen LogP contribution < -0.4 is 21.5 Å². The van der Waals surface area contributed by atoms with Gasteiger partial charge in [0.2, 0.25) is 0 Å². The highest BCUT2D eigenvalue weighted by Gasteiger charge is 2.18. The molecule has 3 rings (SSSR count). The summed E-state index contributed by atoms with van der Waals surface area (Å²) in [7, 11) is 0. The van der Waals surface area contributed by atoms with Crippen LogP contribution in [0.3, 0.4) is 0 Å². The zero-order chi connectivity index (χ0) is 17.1. The number of hydrogen-bond acceptors (Lipinski definition) is 4. The summed E-state index contributed by atoms with van der Waals surface area (Å²) in [6.07, 6.45) is 4.98. The minimum absolute atomic E-state index is 0.250. The van der Waals surface area contributed by atoms with Crippen LogP contribution in [0.2, 0.25) is 0 Å². The van der Waals surface area contributed by atoms with Gasteiger partial charge in [-0.25, -0.2) is 4.79 Å². The molecule has 1 aromatic carbocycles. The molecular weight excluding hydrogens is 326 g/mol. The number of amides is 3. The Morgan fingerprint density at radius 2 is 1.79 bits per heavy atom. The van der Waals surface area contributed by atoms with Crippen molar-refractivity contribution in [1.29, 1.82) is 0 Å². The summed E-state index contributed by atoms with van der Waals surface area (Å²) >= 11 is 1.25. The molecule has 0 aliphatic heterocycles. The van der Waals surface area contributed by atoms with Crippen LogP contribution in [-0.2, 0) is 0 Å². The van der Waals surface area contributed by atoms with Crippen molar-refractivity contribution < 1.29 is 14.3 Å². The summed E-state index contributed by atoms with van der Waals surface area (Å²) in [4.78, 5) is 23.4. The lowest BCUT2D eigenvalue weighted by Gasteiger charge is -2.13. The number of nitrogens with one attached hydrogen (secondary N) is 1. The van der Waals surface area contributed by atoms with Crippen LogP contribution in [0.1, 0.15) is 36.0 Å². The second kappa shape index (κ2) is 6.92. The van der Waals surface area contributed by atoms with Crippen molar-refractivity contribution in [2.45, 2.75) is 31.8 Å². The average molecular weight is 345 g/mol. The molecule has 1 aliphatic rings. The zero-order valence-electron chi connectivity index (χ0n) is 13.1. The Hall–Kier alpha value is -2.54. The number of primary amides is 2. The Labute approximate surface area is 143 Å². The number of benzene rings is 1. The van der Waals surface area contributed by atoms with Gasteiger partial charge < -0.3 is 16.2 Å². The van der Waals surface area contributed by atoms with Gasteiger partial charge in [-0.15, -0.1) is 11.3 Å². The highest BCUT2D eigenvalue weighted by atomic mass is 32.1. The lowest BCUT2D eigenvalue weighted by atomic mass is 10.1. The van der Waals surface area contributed by atoms with Crippen LogP contribution in [-0.4, -0.2) is 18.0 Å². The summed E-state index contributed by atoms with van der Waals surface area (Å²) in [5.41, 5.74) is 11.6. The van der Waals surface area contributed by atoms with Crippen LogP contribution in [0.5, 0.6) is 5.75 Å². The van der Waals surface area contributed by atoms with Crippen molar-refractivity contribution in [2.75, 3.05) is 5.32 Å². The van der Waals surface area contributed by atoms with Crippen LogP contribution in [0, 0.1) is 0 Å². The van der Waals surface area contributed by atoms with E-state index in [1.165, 1.54) is 24.2 Å². The van der Waals surface area contributed by atoms with Gasteiger partial charge in [0.05, 0.1) is 11.7 Å². The van der Waals surface area contributed by atoms with E-state index in [1.807, 2.05) is 24.3 Å². The van der Waals surface area contributed by atoms with Gasteiger partial charge in [-0.05, 0) is 61.6 Å². The van der Waals surface area contributed by atoms with Crippen molar-refractivity contribution in [3.8, 4) is 16.2 Å². The number of hydrogen-bond donors (Lipinski definition) is 3. The number of carbonyl (C=O) groups is 2. The largest absolute Gasteiger partial charge is 0.490 e. The quantitative estimate of drug-likeness (QED) is 0.773. The highest BCUT2D eigenvalue weighted by Crippen LogP contribution is 2.36. The standard InChI is InChI=1S/C17H19N3O3S/c18-15(21)13-9-14(24-16(13)20-17(19)22)10-5-7-12(8-6-10)23-11-3-1-2-4-11/h5-9,11H,1-4H2,(H2,18,21)(H3,19,20,22). The molecule has 24 heavy (non-hydrogen) atoms. The molecule has 1 aromatic heterocycles. The Balaban J connectivity index is 1.80. The monoisotopic (exact) mass is 345 g/mol. The molecule has 7 heteroatoms. The van der Waals surface area contributed by atoms with E-state index in [9.17, 15) is 9.59 Å². The number of urea groups is 1. The Kier molecular flexibility index (Phi) is 4.71. The van der Waals surface area contributed by atoms with Crippen molar-refractivity contribution in [1.82, 2.24) is 0 Å². The fourth-order valence-electron chi connectivity index (χ4n) is 2.82. The Morgan fingerprint density at radius 3 is 2.38 bits per heavy atom. The molecule has 0 radical (unpaired) electrons. The van der Waals surface area contributed by atoms with E-state index < -0.39 is 11.9 Å². The highest BCUT2D eigenvalue weighted by molar-refractivity contribution is 7.20. The van der Waals surface area contributed by atoms with E-state index >= 15 is 0 Å². The summed E-state index contributed by atoms with van der Waals surface area (Å²) in [6.45, 7) is 0. The van der Waals surface area contributed by atoms with Crippen LogP contribution in [0.25, 0.3) is 10.4 Å². The number of carbonyl (C=O) groups excluding carboxylic acids is 2. The lowest BCUT2D eigenvalue weighted by Crippen LogP contribution is -2.21. The molecule has 0 atom stereocenters. The van der Waals surface area contributed by atoms with Crippen molar-refractivity contribution in [2.24, 2.45) is 11.5 Å². The van der Waals surface area contributed by atoms with Gasteiger partial charge in [0.15, 0.2) is 0 Å². The molecule has 126 valence electrons. The first kappa shape index (κ1) is 16.3. The normalized spacial score (nSPS) is 14.5. The first-order valence-electron chi connectivity index (χ1n) is 7.80. The Morgan fingerprint density at radius 1 is 1.12 bits per heavy atom. The van der Waals surface area contributed by atoms with E-state index in [4.69, 9.17) is 16.2 Å². The topological polar surface area (TPSA) is 107 Å². The number of nitrogens with two attached hydrogens (primary N) is 2. The van der Waals surface area contributed by atoms with E-state index in [1.54, 1.807) is 6.07 Å². The second-order valence-electron chi connectivity index (χ2n) is 5.76. The summed E-state index contributed by atoms with van der Waals surface area (Å²) in [6, 6.07) is 8.61. The number of thiophene rings is 1. The number of anilines is 1. The van der Waals surface area contributed by atoms with Crippen LogP contribution in [0.4, 0.5) is 9.80 Å². The number of rotatable bonds is 5. The van der Waals surface area contributed by atoms with Gasteiger partial charge in [0.25, 0.3) is 5.91 Å². The molecule has 2 aromatic rings. The second-order valence-corrected chi connectivity index (χ2v) is 6.81. The predicted molar refractivity (Wildman–Crippen MR) is 94.4 cm³/mol. The minimum atomic E-state index is -0.730. The van der Waals surface area contributed by atoms with Gasteiger partial charge in [-0.1, -0.05) is 0 Å². The van der Waals surface area contributed by atoms with Crippen molar-refractivity contribution in [3.63, 3.8) is 0 Å². The summed E-state index contributed by atoms with van der Waals surface area (Å²) in [5, 5.41) is 2.79. The third kappa shape index (κ3) is 3.68. The average Bonchev–Trinajstić information content (AvgIpc) is 3.17. The SMILES string of the molecule is NC(=O)Nc1sc(-c2ccc(OC3CCCC3)cc2)cc1C(N)=O. The molecule has 0 unspecified atom stereocenters. The molecule has 1 heterocycles. The van der Waals surface area contributed by atoms with E-state index in [-0.39, 0.29) is 5.56 Å². The molecule has 0 saturated heterocycles. The zero-order valence-corrected chi connectivity index (χ0v) is 13.9. The molecule has 3 amide bonds. The lowest BCUT2D eigenvalue weighted by molar-refractivity contribution is 0.100. The maximum atomic E-state index is 11.5. The van der Waals surface area contributed by atoms with Gasteiger partial charge in [-0.2, -0.15) is 0 Å². The maximum absolute atomic E-state index is 11.5. The molecule has 1 saturated carbocycles. The minimum Gasteiger partial charge on any atom is -0.490 e. The van der Waals surface area contributed by atoms with Crippen LogP contribution >= 0.6 is 11.3 Å². The molecular formula is C17H19N3O3S. The third-order valence-electron chi connectivity index (χ3n) is 3.98. The smallest absolute Gasteiger partial charge is 0.317 e. The maximum Gasteiger partial charge on any atom is 0.317 e. The van der Waals surface area contributed by atoms with Crippen molar-refractivity contribution >= 4 is 28.3 Å². The van der Waals surface area contributed by atoms with E-state index in [2.05, 4.69) is 5.32 Å². The first-order chi connectivity index (χ1) is 11.5. The van der Waals surface area contributed by atoms with Gasteiger partial charge in [0.1, 0.15) is 10.8 Å². The van der Waals surface area contributed by atoms with Gasteiger partial charge in [-0.3, -0.25) is 10.1 Å². The Bertz CT molecular complexity index is 749. The molecule has 6 nitrogen and oxygen atoms in total. The van der Waals surface area contributed by atoms with Crippen LogP contribution in [0.15, 0.2) is 30.3 Å². The van der Waals surface area contributed by atoms with Crippen molar-refractivity contribution in [3.05, 3.63) is 35.9 Å². The summed E-state index contributed by atoms with van der Waals surface area (Å²) < 4.78 is 5.94. The molecule has 1 aliphatic carbocycles. The number of ether oxygens (including phenoxy) is 1.